The van der Waals surface area contributed by atoms with Gasteiger partial charge in [0.25, 0.3) is 5.91 Å². The van der Waals surface area contributed by atoms with Crippen LogP contribution in [0.25, 0.3) is 16.7 Å². The second kappa shape index (κ2) is 11.3. The van der Waals surface area contributed by atoms with Gasteiger partial charge in [0.1, 0.15) is 17.7 Å². The van der Waals surface area contributed by atoms with Gasteiger partial charge < -0.3 is 19.8 Å². The normalized spacial score (nSPS) is 18.0. The Kier molecular flexibility index (Phi) is 8.25. The molecule has 0 radical (unpaired) electrons. The second-order valence-electron chi connectivity index (χ2n) is 11.5. The van der Waals surface area contributed by atoms with E-state index in [1.54, 1.807) is 51.1 Å². The maximum Gasteiger partial charge on any atom is 0.258 e. The number of nitrogens with one attached hydrogen (secondary N) is 1. The molecule has 7 nitrogen and oxygen atoms in total. The SMILES string of the molecule is CC(C)=C(C(=O)N1C[C@H](O)C[C@H]1C(=O)N[C@@H](C)c1ccc(-c2c(F)cccc2F)cc1)c1cc(C(C)(C)C)no1. The number of amides is 2. The highest BCUT2D eigenvalue weighted by Crippen LogP contribution is 2.31. The van der Waals surface area contributed by atoms with Crippen molar-refractivity contribution in [1.29, 1.82) is 0 Å². The summed E-state index contributed by atoms with van der Waals surface area (Å²) in [6.45, 7) is 11.3. The van der Waals surface area contributed by atoms with Gasteiger partial charge in [-0.3, -0.25) is 9.59 Å². The van der Waals surface area contributed by atoms with E-state index in [1.165, 1.54) is 23.1 Å². The molecule has 1 fully saturated rings. The fraction of sp³-hybridized carbons (Fsp3) is 0.387. The number of aliphatic hydroxyl groups is 1. The largest absolute Gasteiger partial charge is 0.391 e. The molecular weight excluding hydrogens is 516 g/mol. The Morgan fingerprint density at radius 1 is 1.10 bits per heavy atom. The van der Waals surface area contributed by atoms with Gasteiger partial charge in [0.05, 0.1) is 29.0 Å². The van der Waals surface area contributed by atoms with E-state index in [-0.39, 0.29) is 23.9 Å². The number of aliphatic hydroxyl groups excluding tert-OH is 1. The molecule has 212 valence electrons. The molecule has 3 aromatic rings. The molecule has 0 unspecified atom stereocenters. The summed E-state index contributed by atoms with van der Waals surface area (Å²) in [5, 5.41) is 17.5. The molecule has 2 N–H and O–H groups in total. The van der Waals surface area contributed by atoms with E-state index in [0.717, 1.165) is 0 Å². The summed E-state index contributed by atoms with van der Waals surface area (Å²) in [5.41, 5.74) is 2.40. The topological polar surface area (TPSA) is 95.7 Å². The first-order valence-corrected chi connectivity index (χ1v) is 13.3. The van der Waals surface area contributed by atoms with Crippen LogP contribution in [0, 0.1) is 11.6 Å². The molecule has 1 aromatic heterocycles. The van der Waals surface area contributed by atoms with Crippen molar-refractivity contribution in [2.75, 3.05) is 6.54 Å². The first-order chi connectivity index (χ1) is 18.8. The Balaban J connectivity index is 1.51. The van der Waals surface area contributed by atoms with Crippen LogP contribution >= 0.6 is 0 Å². The summed E-state index contributed by atoms with van der Waals surface area (Å²) >= 11 is 0. The molecule has 3 atom stereocenters. The van der Waals surface area contributed by atoms with E-state index in [0.29, 0.717) is 33.7 Å². The van der Waals surface area contributed by atoms with Gasteiger partial charge in [0.15, 0.2) is 5.76 Å². The molecule has 0 aliphatic carbocycles. The summed E-state index contributed by atoms with van der Waals surface area (Å²) < 4.78 is 33.9. The maximum atomic E-state index is 14.2. The Morgan fingerprint density at radius 2 is 1.73 bits per heavy atom. The standard InChI is InChI=1S/C31H35F2N3O4/c1-17(2)27(25-15-26(35-40-25)31(4,5)6)30(39)36-16-21(37)14-24(36)29(38)34-18(3)19-10-12-20(13-11-19)28-22(32)8-7-9-23(28)33/h7-13,15,18,21,24,37H,14,16H2,1-6H3,(H,34,38)/t18-,21+,24-/m0/s1. The number of rotatable bonds is 6. The predicted molar refractivity (Wildman–Crippen MR) is 148 cm³/mol. The molecule has 1 aliphatic rings. The number of carbonyl (C=O) groups is 2. The Morgan fingerprint density at radius 3 is 2.27 bits per heavy atom. The fourth-order valence-corrected chi connectivity index (χ4v) is 4.85. The fourth-order valence-electron chi connectivity index (χ4n) is 4.85. The van der Waals surface area contributed by atoms with Crippen LogP contribution in [-0.2, 0) is 15.0 Å². The molecule has 40 heavy (non-hydrogen) atoms. The molecule has 2 heterocycles. The highest BCUT2D eigenvalue weighted by atomic mass is 19.1. The van der Waals surface area contributed by atoms with Crippen molar-refractivity contribution in [3.05, 3.63) is 82.8 Å². The highest BCUT2D eigenvalue weighted by Gasteiger charge is 2.41. The van der Waals surface area contributed by atoms with Crippen LogP contribution in [0.5, 0.6) is 0 Å². The molecule has 1 saturated heterocycles. The molecular formula is C31H35F2N3O4. The first kappa shape index (κ1) is 29.1. The molecule has 2 aromatic carbocycles. The Hall–Kier alpha value is -3.85. The van der Waals surface area contributed by atoms with Gasteiger partial charge in [-0.05, 0) is 44.0 Å². The van der Waals surface area contributed by atoms with Crippen molar-refractivity contribution in [2.24, 2.45) is 0 Å². The van der Waals surface area contributed by atoms with Crippen LogP contribution in [-0.4, -0.2) is 45.7 Å². The number of likely N-dealkylation sites (tertiary alicyclic amines) is 1. The lowest BCUT2D eigenvalue weighted by atomic mass is 9.91. The predicted octanol–water partition coefficient (Wildman–Crippen LogP) is 5.55. The third-order valence-corrected chi connectivity index (χ3v) is 7.10. The maximum absolute atomic E-state index is 14.2. The average molecular weight is 552 g/mol. The summed E-state index contributed by atoms with van der Waals surface area (Å²) in [6.07, 6.45) is -0.765. The van der Waals surface area contributed by atoms with Gasteiger partial charge in [-0.1, -0.05) is 61.8 Å². The minimum absolute atomic E-state index is 0.00521. The zero-order valence-corrected chi connectivity index (χ0v) is 23.6. The number of allylic oxidation sites excluding steroid dienone is 1. The van der Waals surface area contributed by atoms with Gasteiger partial charge in [-0.15, -0.1) is 0 Å². The minimum atomic E-state index is -0.893. The number of carbonyl (C=O) groups excluding carboxylic acids is 2. The van der Waals surface area contributed by atoms with Crippen LogP contribution in [0.1, 0.15) is 71.0 Å². The zero-order valence-electron chi connectivity index (χ0n) is 23.6. The van der Waals surface area contributed by atoms with Crippen LogP contribution in [0.15, 0.2) is 58.6 Å². The Labute approximate surface area is 232 Å². The van der Waals surface area contributed by atoms with Gasteiger partial charge in [-0.25, -0.2) is 8.78 Å². The van der Waals surface area contributed by atoms with Crippen LogP contribution in [0.3, 0.4) is 0 Å². The van der Waals surface area contributed by atoms with E-state index >= 15 is 0 Å². The smallest absolute Gasteiger partial charge is 0.258 e. The third kappa shape index (κ3) is 5.99. The van der Waals surface area contributed by atoms with Crippen LogP contribution < -0.4 is 5.32 Å². The monoisotopic (exact) mass is 551 g/mol. The van der Waals surface area contributed by atoms with E-state index in [4.69, 9.17) is 4.52 Å². The number of hydrogen-bond acceptors (Lipinski definition) is 5. The van der Waals surface area contributed by atoms with Crippen molar-refractivity contribution in [3.63, 3.8) is 0 Å². The molecule has 0 spiro atoms. The molecule has 0 bridgehead atoms. The number of aromatic nitrogens is 1. The second-order valence-corrected chi connectivity index (χ2v) is 11.5. The van der Waals surface area contributed by atoms with E-state index in [2.05, 4.69) is 10.5 Å². The summed E-state index contributed by atoms with van der Waals surface area (Å²) in [5.74, 6) is -1.83. The lowest BCUT2D eigenvalue weighted by Gasteiger charge is -2.26. The number of β-amino-alcohol motifs (C(OH)–C–C–N with tert-alkyl or cyclic N) is 1. The Bertz CT molecular complexity index is 1420. The van der Waals surface area contributed by atoms with Gasteiger partial charge in [0.2, 0.25) is 5.91 Å². The third-order valence-electron chi connectivity index (χ3n) is 7.10. The molecule has 4 rings (SSSR count). The summed E-state index contributed by atoms with van der Waals surface area (Å²) in [7, 11) is 0. The summed E-state index contributed by atoms with van der Waals surface area (Å²) in [4.78, 5) is 28.5. The van der Waals surface area contributed by atoms with Crippen molar-refractivity contribution in [2.45, 2.75) is 71.6 Å². The van der Waals surface area contributed by atoms with E-state index in [1.807, 2.05) is 20.8 Å². The molecule has 2 amide bonds. The molecule has 9 heteroatoms. The lowest BCUT2D eigenvalue weighted by molar-refractivity contribution is -0.135. The number of benzene rings is 2. The van der Waals surface area contributed by atoms with E-state index in [9.17, 15) is 23.5 Å². The number of halogens is 2. The molecule has 1 aliphatic heterocycles. The van der Waals surface area contributed by atoms with Gasteiger partial charge in [0, 0.05) is 24.4 Å². The molecule has 0 saturated carbocycles. The minimum Gasteiger partial charge on any atom is -0.391 e. The van der Waals surface area contributed by atoms with Crippen molar-refractivity contribution < 1.29 is 28.0 Å². The van der Waals surface area contributed by atoms with Crippen LogP contribution in [0.4, 0.5) is 8.78 Å². The lowest BCUT2D eigenvalue weighted by Crippen LogP contribution is -2.46. The number of nitrogens with zero attached hydrogens (tertiary/aromatic N) is 2. The summed E-state index contributed by atoms with van der Waals surface area (Å²) in [6, 6.07) is 10.7. The van der Waals surface area contributed by atoms with Gasteiger partial charge >= 0.3 is 0 Å². The zero-order chi connectivity index (χ0) is 29.4. The number of hydrogen-bond donors (Lipinski definition) is 2. The van der Waals surface area contributed by atoms with Crippen LogP contribution in [0.2, 0.25) is 0 Å². The van der Waals surface area contributed by atoms with Crippen molar-refractivity contribution in [1.82, 2.24) is 15.4 Å². The highest BCUT2D eigenvalue weighted by molar-refractivity contribution is 6.20. The van der Waals surface area contributed by atoms with Crippen molar-refractivity contribution in [3.8, 4) is 11.1 Å². The van der Waals surface area contributed by atoms with Gasteiger partial charge in [-0.2, -0.15) is 0 Å². The quantitative estimate of drug-likeness (QED) is 0.392. The van der Waals surface area contributed by atoms with E-state index < -0.39 is 41.6 Å². The average Bonchev–Trinajstić information content (AvgIpc) is 3.51. The van der Waals surface area contributed by atoms with Crippen molar-refractivity contribution >= 4 is 17.4 Å². The first-order valence-electron chi connectivity index (χ1n) is 13.3.